The Kier molecular flexibility index (Phi) is 6.41. The number of hydrogen-bond donors (Lipinski definition) is 1. The third kappa shape index (κ3) is 4.59. The third-order valence-electron chi connectivity index (χ3n) is 6.76. The highest BCUT2D eigenvalue weighted by Gasteiger charge is 2.32. The fourth-order valence-corrected chi connectivity index (χ4v) is 4.93. The molecule has 0 bridgehead atoms. The maximum Gasteiger partial charge on any atom is 0.261 e. The van der Waals surface area contributed by atoms with Gasteiger partial charge in [0.05, 0.1) is 0 Å². The van der Waals surface area contributed by atoms with E-state index < -0.39 is 0 Å². The van der Waals surface area contributed by atoms with Gasteiger partial charge in [-0.1, -0.05) is 48.5 Å². The van der Waals surface area contributed by atoms with Crippen LogP contribution in [-0.4, -0.2) is 47.2 Å². The molecule has 1 saturated heterocycles. The van der Waals surface area contributed by atoms with Gasteiger partial charge in [0.25, 0.3) is 11.8 Å². The average molecular weight is 456 g/mol. The minimum atomic E-state index is -0.288. The molecule has 6 nitrogen and oxygen atoms in total. The molecule has 2 aliphatic rings. The third-order valence-corrected chi connectivity index (χ3v) is 6.76. The molecule has 0 atom stereocenters. The van der Waals surface area contributed by atoms with Gasteiger partial charge in [-0.2, -0.15) is 0 Å². The number of benzene rings is 3. The van der Waals surface area contributed by atoms with Crippen LogP contribution in [0.3, 0.4) is 0 Å². The van der Waals surface area contributed by atoms with E-state index in [-0.39, 0.29) is 30.7 Å². The molecule has 34 heavy (non-hydrogen) atoms. The first-order valence-corrected chi connectivity index (χ1v) is 12.0. The van der Waals surface area contributed by atoms with E-state index in [1.54, 1.807) is 12.1 Å². The van der Waals surface area contributed by atoms with Gasteiger partial charge in [-0.25, -0.2) is 0 Å². The van der Waals surface area contributed by atoms with Crippen molar-refractivity contribution in [3.63, 3.8) is 0 Å². The number of carbonyl (C=O) groups is 3. The lowest BCUT2D eigenvalue weighted by atomic mass is 9.94. The Hall–Kier alpha value is -3.51. The quantitative estimate of drug-likeness (QED) is 0.519. The molecule has 0 aromatic heterocycles. The van der Waals surface area contributed by atoms with Crippen molar-refractivity contribution in [2.45, 2.75) is 38.8 Å². The zero-order chi connectivity index (χ0) is 23.5. The van der Waals surface area contributed by atoms with Crippen molar-refractivity contribution in [1.82, 2.24) is 15.1 Å². The fraction of sp³-hybridized carbons (Fsp3) is 0.321. The van der Waals surface area contributed by atoms with E-state index in [0.29, 0.717) is 24.1 Å². The maximum absolute atomic E-state index is 12.9. The van der Waals surface area contributed by atoms with E-state index in [2.05, 4.69) is 34.5 Å². The summed E-state index contributed by atoms with van der Waals surface area (Å²) in [4.78, 5) is 42.0. The lowest BCUT2D eigenvalue weighted by molar-refractivity contribution is -0.121. The molecule has 0 spiro atoms. The van der Waals surface area contributed by atoms with Crippen LogP contribution < -0.4 is 5.32 Å². The summed E-state index contributed by atoms with van der Waals surface area (Å²) < 4.78 is 0. The predicted octanol–water partition coefficient (Wildman–Crippen LogP) is 4.13. The molecule has 0 saturated carbocycles. The molecule has 174 valence electrons. The molecule has 0 aliphatic carbocycles. The first kappa shape index (κ1) is 22.3. The lowest BCUT2D eigenvalue weighted by Crippen LogP contribution is -2.41. The van der Waals surface area contributed by atoms with Crippen molar-refractivity contribution in [2.75, 3.05) is 19.6 Å². The normalized spacial score (nSPS) is 15.8. The number of imide groups is 1. The van der Waals surface area contributed by atoms with Crippen LogP contribution in [0.4, 0.5) is 0 Å². The Morgan fingerprint density at radius 2 is 1.44 bits per heavy atom. The van der Waals surface area contributed by atoms with Crippen LogP contribution in [0.1, 0.15) is 57.5 Å². The summed E-state index contributed by atoms with van der Waals surface area (Å²) in [5, 5.41) is 4.56. The first-order valence-electron chi connectivity index (χ1n) is 12.0. The number of carbonyl (C=O) groups excluding carboxylic acids is 3. The van der Waals surface area contributed by atoms with Gasteiger partial charge < -0.3 is 5.32 Å². The minimum Gasteiger partial charge on any atom is -0.352 e. The molecular formula is C28H29N3O3. The van der Waals surface area contributed by atoms with E-state index in [1.807, 2.05) is 24.3 Å². The van der Waals surface area contributed by atoms with Crippen molar-refractivity contribution in [3.8, 4) is 0 Å². The van der Waals surface area contributed by atoms with Gasteiger partial charge in [-0.05, 0) is 61.0 Å². The van der Waals surface area contributed by atoms with Crippen LogP contribution >= 0.6 is 0 Å². The monoisotopic (exact) mass is 455 g/mol. The Balaban J connectivity index is 1.11. The molecule has 3 aromatic carbocycles. The second-order valence-electron chi connectivity index (χ2n) is 9.15. The van der Waals surface area contributed by atoms with Gasteiger partial charge in [0.15, 0.2) is 0 Å². The predicted molar refractivity (Wildman–Crippen MR) is 131 cm³/mol. The number of rotatable bonds is 8. The number of likely N-dealkylation sites (tertiary alicyclic amines) is 1. The second-order valence-corrected chi connectivity index (χ2v) is 9.15. The van der Waals surface area contributed by atoms with Crippen LogP contribution in [0, 0.1) is 0 Å². The minimum absolute atomic E-state index is 0.0828. The van der Waals surface area contributed by atoms with E-state index in [1.165, 1.54) is 36.4 Å². The molecule has 2 aliphatic heterocycles. The zero-order valence-corrected chi connectivity index (χ0v) is 19.3. The lowest BCUT2D eigenvalue weighted by Gasteiger charge is -2.27. The van der Waals surface area contributed by atoms with Crippen LogP contribution in [0.2, 0.25) is 0 Å². The van der Waals surface area contributed by atoms with Crippen LogP contribution in [0.15, 0.2) is 60.7 Å². The Bertz CT molecular complexity index is 1180. The Morgan fingerprint density at radius 3 is 2.09 bits per heavy atom. The van der Waals surface area contributed by atoms with Crippen LogP contribution in [0.25, 0.3) is 10.8 Å². The molecule has 0 unspecified atom stereocenters. The van der Waals surface area contributed by atoms with E-state index >= 15 is 0 Å². The standard InChI is InChI=1S/C28H29N3O3/c32-25(29-18-20-11-13-21(14-12-20)19-30-15-1-2-16-30)10-5-17-31-27(33)23-8-3-6-22-7-4-9-24(26(22)23)28(31)34/h3-4,6-9,11-14H,1-2,5,10,15-19H2,(H,29,32). The van der Waals surface area contributed by atoms with Gasteiger partial charge >= 0.3 is 0 Å². The van der Waals surface area contributed by atoms with Crippen molar-refractivity contribution in [1.29, 1.82) is 0 Å². The number of amides is 3. The van der Waals surface area contributed by atoms with Gasteiger partial charge in [-0.3, -0.25) is 24.2 Å². The highest BCUT2D eigenvalue weighted by molar-refractivity contribution is 6.25. The molecule has 1 N–H and O–H groups in total. The first-order chi connectivity index (χ1) is 16.6. The molecule has 1 fully saturated rings. The molecule has 5 rings (SSSR count). The Morgan fingerprint density at radius 1 is 0.824 bits per heavy atom. The zero-order valence-electron chi connectivity index (χ0n) is 19.3. The number of nitrogens with zero attached hydrogens (tertiary/aromatic N) is 2. The van der Waals surface area contributed by atoms with Crippen molar-refractivity contribution in [2.24, 2.45) is 0 Å². The summed E-state index contributed by atoms with van der Waals surface area (Å²) in [6.07, 6.45) is 3.26. The summed E-state index contributed by atoms with van der Waals surface area (Å²) >= 11 is 0. The second kappa shape index (κ2) is 9.77. The van der Waals surface area contributed by atoms with E-state index in [9.17, 15) is 14.4 Å². The summed E-state index contributed by atoms with van der Waals surface area (Å²) in [6.45, 7) is 4.03. The molecule has 6 heteroatoms. The van der Waals surface area contributed by atoms with Gasteiger partial charge in [0.2, 0.25) is 5.91 Å². The molecular weight excluding hydrogens is 426 g/mol. The molecule has 3 aromatic rings. The molecule has 2 heterocycles. The van der Waals surface area contributed by atoms with Crippen LogP contribution in [0.5, 0.6) is 0 Å². The summed E-state index contributed by atoms with van der Waals surface area (Å²) in [7, 11) is 0. The largest absolute Gasteiger partial charge is 0.352 e. The van der Waals surface area contributed by atoms with Crippen molar-refractivity contribution >= 4 is 28.5 Å². The molecule has 3 amide bonds. The SMILES string of the molecule is O=C(CCCN1C(=O)c2cccc3cccc(c23)C1=O)NCc1ccc(CN2CCCC2)cc1. The average Bonchev–Trinajstić information content (AvgIpc) is 3.37. The Labute approximate surface area is 199 Å². The summed E-state index contributed by atoms with van der Waals surface area (Å²) in [5.74, 6) is -0.659. The van der Waals surface area contributed by atoms with Gasteiger partial charge in [0, 0.05) is 42.6 Å². The summed E-state index contributed by atoms with van der Waals surface area (Å²) in [6, 6.07) is 19.4. The number of nitrogens with one attached hydrogen (secondary N) is 1. The number of hydrogen-bond acceptors (Lipinski definition) is 4. The van der Waals surface area contributed by atoms with E-state index in [0.717, 1.165) is 22.9 Å². The summed E-state index contributed by atoms with van der Waals surface area (Å²) in [5.41, 5.74) is 3.45. The van der Waals surface area contributed by atoms with Crippen LogP contribution in [-0.2, 0) is 17.9 Å². The van der Waals surface area contributed by atoms with E-state index in [4.69, 9.17) is 0 Å². The highest BCUT2D eigenvalue weighted by Crippen LogP contribution is 2.30. The van der Waals surface area contributed by atoms with Gasteiger partial charge in [0.1, 0.15) is 0 Å². The highest BCUT2D eigenvalue weighted by atomic mass is 16.2. The van der Waals surface area contributed by atoms with Crippen molar-refractivity contribution in [3.05, 3.63) is 82.9 Å². The topological polar surface area (TPSA) is 69.7 Å². The van der Waals surface area contributed by atoms with Crippen molar-refractivity contribution < 1.29 is 14.4 Å². The smallest absolute Gasteiger partial charge is 0.261 e. The fourth-order valence-electron chi connectivity index (χ4n) is 4.93. The maximum atomic E-state index is 12.9. The molecule has 0 radical (unpaired) electrons. The van der Waals surface area contributed by atoms with Gasteiger partial charge in [-0.15, -0.1) is 0 Å².